The molecule has 2 N–H and O–H groups in total. The molecule has 1 aromatic carbocycles. The minimum atomic E-state index is 0.540. The second-order valence-electron chi connectivity index (χ2n) is 5.31. The van der Waals surface area contributed by atoms with Crippen LogP contribution in [0.1, 0.15) is 19.7 Å². The lowest BCUT2D eigenvalue weighted by Gasteiger charge is -2.21. The number of nitrogens with two attached hydrogens (primary N) is 1. The Morgan fingerprint density at radius 2 is 2.15 bits per heavy atom. The smallest absolute Gasteiger partial charge is 0.146 e. The summed E-state index contributed by atoms with van der Waals surface area (Å²) in [6.07, 6.45) is 1.61. The van der Waals surface area contributed by atoms with Crippen LogP contribution in [-0.4, -0.2) is 21.8 Å². The average Bonchev–Trinajstić information content (AvgIpc) is 2.75. The molecule has 0 aliphatic heterocycles. The van der Waals surface area contributed by atoms with E-state index in [0.717, 1.165) is 28.2 Å². The van der Waals surface area contributed by atoms with Gasteiger partial charge in [-0.1, -0.05) is 29.8 Å². The van der Waals surface area contributed by atoms with Gasteiger partial charge < -0.3 is 10.6 Å². The van der Waals surface area contributed by atoms with Gasteiger partial charge in [-0.05, 0) is 24.1 Å². The molecule has 0 amide bonds. The van der Waals surface area contributed by atoms with E-state index in [-0.39, 0.29) is 0 Å². The quantitative estimate of drug-likeness (QED) is 0.852. The summed E-state index contributed by atoms with van der Waals surface area (Å²) in [5.74, 6) is 1.49. The van der Waals surface area contributed by atoms with Crippen LogP contribution in [-0.2, 0) is 13.1 Å². The van der Waals surface area contributed by atoms with Gasteiger partial charge in [0.15, 0.2) is 0 Å². The molecule has 1 heterocycles. The molecule has 0 aliphatic rings. The van der Waals surface area contributed by atoms with E-state index in [1.165, 1.54) is 0 Å². The molecule has 0 saturated heterocycles. The molecule has 1 aromatic heterocycles. The van der Waals surface area contributed by atoms with Crippen LogP contribution >= 0.6 is 15.9 Å². The third-order valence-corrected chi connectivity index (χ3v) is 3.51. The van der Waals surface area contributed by atoms with Crippen LogP contribution in [0.5, 0.6) is 0 Å². The molecular weight excluding hydrogens is 318 g/mol. The van der Waals surface area contributed by atoms with Crippen molar-refractivity contribution in [3.63, 3.8) is 0 Å². The predicted octanol–water partition coefficient (Wildman–Crippen LogP) is 2.92. The van der Waals surface area contributed by atoms with E-state index < -0.39 is 0 Å². The van der Waals surface area contributed by atoms with E-state index in [9.17, 15) is 0 Å². The first kappa shape index (κ1) is 14.8. The minimum absolute atomic E-state index is 0.540. The lowest BCUT2D eigenvalue weighted by molar-refractivity contribution is 0.465. The van der Waals surface area contributed by atoms with Crippen LogP contribution in [0.3, 0.4) is 0 Å². The van der Waals surface area contributed by atoms with Crippen molar-refractivity contribution in [2.75, 3.05) is 17.7 Å². The molecule has 108 valence electrons. The molecule has 0 radical (unpaired) electrons. The van der Waals surface area contributed by atoms with E-state index in [0.29, 0.717) is 12.5 Å². The second-order valence-corrected chi connectivity index (χ2v) is 6.23. The maximum Gasteiger partial charge on any atom is 0.146 e. The first-order valence-corrected chi connectivity index (χ1v) is 7.39. The van der Waals surface area contributed by atoms with Crippen LogP contribution in [0, 0.1) is 5.92 Å². The van der Waals surface area contributed by atoms with Gasteiger partial charge in [0.05, 0.1) is 17.9 Å². The molecule has 2 rings (SSSR count). The number of anilines is 2. The molecule has 2 aromatic rings. The number of benzene rings is 1. The van der Waals surface area contributed by atoms with E-state index in [2.05, 4.69) is 44.8 Å². The molecular formula is C14H20BrN5. The lowest BCUT2D eigenvalue weighted by Crippen LogP contribution is -2.22. The first-order chi connectivity index (χ1) is 9.47. The Morgan fingerprint density at radius 1 is 1.40 bits per heavy atom. The number of rotatable bonds is 5. The van der Waals surface area contributed by atoms with Crippen molar-refractivity contribution < 1.29 is 0 Å². The average molecular weight is 338 g/mol. The van der Waals surface area contributed by atoms with Gasteiger partial charge in [0.2, 0.25) is 0 Å². The standard InChI is InChI=1S/C14H20BrN5/c1-10(2)7-20-14(17-9-18-20)8-19(3)13-5-4-11(15)6-12(13)16/h4-6,9-10H,7-8,16H2,1-3H3. The van der Waals surface area contributed by atoms with Crippen molar-refractivity contribution in [3.05, 3.63) is 34.8 Å². The van der Waals surface area contributed by atoms with Gasteiger partial charge in [-0.2, -0.15) is 5.10 Å². The topological polar surface area (TPSA) is 60.0 Å². The maximum atomic E-state index is 6.06. The summed E-state index contributed by atoms with van der Waals surface area (Å²) in [4.78, 5) is 6.43. The Balaban J connectivity index is 2.15. The molecule has 0 bridgehead atoms. The van der Waals surface area contributed by atoms with Gasteiger partial charge in [0.1, 0.15) is 12.2 Å². The summed E-state index contributed by atoms with van der Waals surface area (Å²) >= 11 is 3.42. The lowest BCUT2D eigenvalue weighted by atomic mass is 10.2. The summed E-state index contributed by atoms with van der Waals surface area (Å²) in [6.45, 7) is 5.89. The Morgan fingerprint density at radius 3 is 2.80 bits per heavy atom. The molecule has 6 heteroatoms. The third kappa shape index (κ3) is 3.50. The fraction of sp³-hybridized carbons (Fsp3) is 0.429. The summed E-state index contributed by atoms with van der Waals surface area (Å²) in [7, 11) is 2.01. The minimum Gasteiger partial charge on any atom is -0.397 e. The largest absolute Gasteiger partial charge is 0.397 e. The van der Waals surface area contributed by atoms with E-state index >= 15 is 0 Å². The number of hydrogen-bond acceptors (Lipinski definition) is 4. The molecule has 0 aliphatic carbocycles. The molecule has 0 unspecified atom stereocenters. The SMILES string of the molecule is CC(C)Cn1ncnc1CN(C)c1ccc(Br)cc1N. The Bertz CT molecular complexity index is 579. The van der Waals surface area contributed by atoms with Crippen molar-refractivity contribution in [1.82, 2.24) is 14.8 Å². The van der Waals surface area contributed by atoms with Crippen LogP contribution in [0.25, 0.3) is 0 Å². The van der Waals surface area contributed by atoms with E-state index in [1.807, 2.05) is 29.9 Å². The van der Waals surface area contributed by atoms with Crippen molar-refractivity contribution in [1.29, 1.82) is 0 Å². The fourth-order valence-corrected chi connectivity index (χ4v) is 2.46. The summed E-state index contributed by atoms with van der Waals surface area (Å²) in [5.41, 5.74) is 7.80. The Labute approximate surface area is 127 Å². The highest BCUT2D eigenvalue weighted by molar-refractivity contribution is 9.10. The summed E-state index contributed by atoms with van der Waals surface area (Å²) in [5, 5.41) is 4.28. The monoisotopic (exact) mass is 337 g/mol. The number of hydrogen-bond donors (Lipinski definition) is 1. The van der Waals surface area contributed by atoms with Crippen LogP contribution in [0.2, 0.25) is 0 Å². The number of halogens is 1. The van der Waals surface area contributed by atoms with Crippen molar-refractivity contribution >= 4 is 27.3 Å². The zero-order valence-electron chi connectivity index (χ0n) is 12.0. The highest BCUT2D eigenvalue weighted by atomic mass is 79.9. The van der Waals surface area contributed by atoms with Gasteiger partial charge in [0, 0.05) is 18.1 Å². The van der Waals surface area contributed by atoms with Crippen molar-refractivity contribution in [2.45, 2.75) is 26.9 Å². The molecule has 0 atom stereocenters. The van der Waals surface area contributed by atoms with E-state index in [4.69, 9.17) is 5.73 Å². The highest BCUT2D eigenvalue weighted by Crippen LogP contribution is 2.26. The van der Waals surface area contributed by atoms with Crippen molar-refractivity contribution in [3.8, 4) is 0 Å². The normalized spacial score (nSPS) is 11.1. The zero-order valence-corrected chi connectivity index (χ0v) is 13.6. The Hall–Kier alpha value is -1.56. The van der Waals surface area contributed by atoms with Gasteiger partial charge >= 0.3 is 0 Å². The number of nitrogens with zero attached hydrogens (tertiary/aromatic N) is 4. The van der Waals surface area contributed by atoms with E-state index in [1.54, 1.807) is 6.33 Å². The molecule has 0 fully saturated rings. The fourth-order valence-electron chi connectivity index (χ4n) is 2.08. The summed E-state index contributed by atoms with van der Waals surface area (Å²) < 4.78 is 2.94. The van der Waals surface area contributed by atoms with Crippen LogP contribution in [0.15, 0.2) is 29.0 Å². The first-order valence-electron chi connectivity index (χ1n) is 6.60. The van der Waals surface area contributed by atoms with Gasteiger partial charge in [-0.15, -0.1) is 0 Å². The molecule has 0 saturated carbocycles. The van der Waals surface area contributed by atoms with Gasteiger partial charge in [0.25, 0.3) is 0 Å². The maximum absolute atomic E-state index is 6.06. The zero-order chi connectivity index (χ0) is 14.7. The molecule has 5 nitrogen and oxygen atoms in total. The van der Waals surface area contributed by atoms with Crippen LogP contribution in [0.4, 0.5) is 11.4 Å². The predicted molar refractivity (Wildman–Crippen MR) is 85.5 cm³/mol. The molecule has 0 spiro atoms. The third-order valence-electron chi connectivity index (χ3n) is 3.01. The highest BCUT2D eigenvalue weighted by Gasteiger charge is 2.11. The van der Waals surface area contributed by atoms with Crippen molar-refractivity contribution in [2.24, 2.45) is 5.92 Å². The number of aromatic nitrogens is 3. The second kappa shape index (κ2) is 6.26. The Kier molecular flexibility index (Phi) is 4.65. The molecule has 20 heavy (non-hydrogen) atoms. The number of nitrogen functional groups attached to an aromatic ring is 1. The van der Waals surface area contributed by atoms with Crippen LogP contribution < -0.4 is 10.6 Å². The summed E-state index contributed by atoms with van der Waals surface area (Å²) in [6, 6.07) is 5.90. The van der Waals surface area contributed by atoms with Gasteiger partial charge in [-0.25, -0.2) is 9.67 Å². The van der Waals surface area contributed by atoms with Gasteiger partial charge in [-0.3, -0.25) is 0 Å².